The van der Waals surface area contributed by atoms with Crippen LogP contribution in [0.25, 0.3) is 0 Å². The van der Waals surface area contributed by atoms with E-state index >= 15 is 0 Å². The number of ketones is 1. The third-order valence-electron chi connectivity index (χ3n) is 8.57. The van der Waals surface area contributed by atoms with Crippen molar-refractivity contribution in [2.45, 2.75) is 70.8 Å². The lowest BCUT2D eigenvalue weighted by atomic mass is 9.80. The molecular formula is C35H42N4O4. The molecule has 0 saturated carbocycles. The summed E-state index contributed by atoms with van der Waals surface area (Å²) in [6.07, 6.45) is 1.22. The number of carbonyl (C=O) groups is 3. The van der Waals surface area contributed by atoms with Gasteiger partial charge < -0.3 is 20.7 Å². The third-order valence-corrected chi connectivity index (χ3v) is 8.57. The predicted molar refractivity (Wildman–Crippen MR) is 167 cm³/mol. The molecule has 0 bridgehead atoms. The number of nitrogens with zero attached hydrogens (tertiary/aromatic N) is 2. The molecule has 3 aromatic rings. The minimum atomic E-state index is -0.785. The van der Waals surface area contributed by atoms with Crippen LogP contribution in [0.1, 0.15) is 78.2 Å². The summed E-state index contributed by atoms with van der Waals surface area (Å²) in [4.78, 5) is 44.6. The van der Waals surface area contributed by atoms with Crippen LogP contribution in [0.2, 0.25) is 0 Å². The molecule has 8 nitrogen and oxygen atoms in total. The SMILES string of the molecule is CC(C)N(CCNC(=O)C1c2ccc(OCc3ccccc3)cc2CCN1C(=O)C1CCC(=O)c2ccccc21)C(C)N. The van der Waals surface area contributed by atoms with E-state index in [1.54, 1.807) is 11.0 Å². The van der Waals surface area contributed by atoms with Crippen LogP contribution in [0.3, 0.4) is 0 Å². The summed E-state index contributed by atoms with van der Waals surface area (Å²) < 4.78 is 6.08. The van der Waals surface area contributed by atoms with E-state index in [1.165, 1.54) is 0 Å². The molecule has 2 aliphatic rings. The summed E-state index contributed by atoms with van der Waals surface area (Å²) in [7, 11) is 0. The van der Waals surface area contributed by atoms with Crippen LogP contribution < -0.4 is 15.8 Å². The fourth-order valence-electron chi connectivity index (χ4n) is 6.37. The first-order valence-electron chi connectivity index (χ1n) is 15.3. The zero-order valence-corrected chi connectivity index (χ0v) is 25.3. The van der Waals surface area contributed by atoms with Gasteiger partial charge in [-0.25, -0.2) is 0 Å². The Morgan fingerprint density at radius 3 is 2.49 bits per heavy atom. The average Bonchev–Trinajstić information content (AvgIpc) is 3.01. The zero-order valence-electron chi connectivity index (χ0n) is 25.3. The Bertz CT molecular complexity index is 1450. The van der Waals surface area contributed by atoms with Gasteiger partial charge in [0.2, 0.25) is 11.8 Å². The van der Waals surface area contributed by atoms with Crippen molar-refractivity contribution in [3.63, 3.8) is 0 Å². The van der Waals surface area contributed by atoms with Crippen molar-refractivity contribution < 1.29 is 19.1 Å². The molecule has 3 atom stereocenters. The number of hydrogen-bond acceptors (Lipinski definition) is 6. The Hall–Kier alpha value is -4.01. The van der Waals surface area contributed by atoms with E-state index in [2.05, 4.69) is 24.1 Å². The van der Waals surface area contributed by atoms with E-state index < -0.39 is 12.0 Å². The van der Waals surface area contributed by atoms with Crippen molar-refractivity contribution >= 4 is 17.6 Å². The molecule has 0 fully saturated rings. The van der Waals surface area contributed by atoms with Gasteiger partial charge in [0.15, 0.2) is 5.78 Å². The quantitative estimate of drug-likeness (QED) is 0.339. The number of rotatable bonds is 10. The Labute approximate surface area is 254 Å². The van der Waals surface area contributed by atoms with Gasteiger partial charge in [-0.2, -0.15) is 0 Å². The number of benzene rings is 3. The van der Waals surface area contributed by atoms with Crippen LogP contribution in [-0.2, 0) is 22.6 Å². The molecule has 5 rings (SSSR count). The first-order chi connectivity index (χ1) is 20.7. The molecule has 1 aliphatic carbocycles. The van der Waals surface area contributed by atoms with Crippen LogP contribution in [0.4, 0.5) is 0 Å². The smallest absolute Gasteiger partial charge is 0.247 e. The number of hydrogen-bond donors (Lipinski definition) is 2. The average molecular weight is 583 g/mol. The van der Waals surface area contributed by atoms with Crippen molar-refractivity contribution in [3.8, 4) is 5.75 Å². The van der Waals surface area contributed by atoms with Gasteiger partial charge in [0.05, 0.1) is 12.1 Å². The fraction of sp³-hybridized carbons (Fsp3) is 0.400. The highest BCUT2D eigenvalue weighted by Gasteiger charge is 2.41. The van der Waals surface area contributed by atoms with E-state index in [9.17, 15) is 14.4 Å². The molecule has 1 heterocycles. The maximum atomic E-state index is 14.2. The summed E-state index contributed by atoms with van der Waals surface area (Å²) in [5, 5.41) is 3.09. The summed E-state index contributed by atoms with van der Waals surface area (Å²) in [5.41, 5.74) is 10.4. The maximum Gasteiger partial charge on any atom is 0.247 e. The highest BCUT2D eigenvalue weighted by atomic mass is 16.5. The molecule has 3 N–H and O–H groups in total. The van der Waals surface area contributed by atoms with Gasteiger partial charge in [0.1, 0.15) is 18.4 Å². The van der Waals surface area contributed by atoms with Crippen LogP contribution >= 0.6 is 0 Å². The van der Waals surface area contributed by atoms with Gasteiger partial charge in [-0.15, -0.1) is 0 Å². The molecule has 226 valence electrons. The Morgan fingerprint density at radius 2 is 1.74 bits per heavy atom. The summed E-state index contributed by atoms with van der Waals surface area (Å²) >= 11 is 0. The first kappa shape index (κ1) is 30.4. The lowest BCUT2D eigenvalue weighted by Gasteiger charge is -2.39. The normalized spacial score (nSPS) is 18.7. The lowest BCUT2D eigenvalue weighted by Crippen LogP contribution is -2.51. The van der Waals surface area contributed by atoms with E-state index in [0.717, 1.165) is 28.0 Å². The van der Waals surface area contributed by atoms with Crippen LogP contribution in [0.5, 0.6) is 5.75 Å². The largest absolute Gasteiger partial charge is 0.489 e. The van der Waals surface area contributed by atoms with E-state index in [0.29, 0.717) is 51.1 Å². The van der Waals surface area contributed by atoms with Gasteiger partial charge in [-0.3, -0.25) is 19.3 Å². The summed E-state index contributed by atoms with van der Waals surface area (Å²) in [5.74, 6) is -0.0142. The Kier molecular flexibility index (Phi) is 9.58. The van der Waals surface area contributed by atoms with Gasteiger partial charge in [-0.05, 0) is 68.0 Å². The first-order valence-corrected chi connectivity index (χ1v) is 15.3. The zero-order chi connectivity index (χ0) is 30.5. The highest BCUT2D eigenvalue weighted by Crippen LogP contribution is 2.38. The molecule has 0 radical (unpaired) electrons. The van der Waals surface area contributed by atoms with Gasteiger partial charge in [0, 0.05) is 37.7 Å². The standard InChI is InChI=1S/C35H42N4O4/c1-23(2)38(24(3)36)20-18-37-34(41)33-28-14-13-27(43-22-25-9-5-4-6-10-25)21-26(28)17-19-39(33)35(42)31-15-16-32(40)30-12-8-7-11-29(30)31/h4-14,21,23-24,31,33H,15-20,22,36H2,1-3H3,(H,37,41). The fourth-order valence-corrected chi connectivity index (χ4v) is 6.37. The van der Waals surface area contributed by atoms with Gasteiger partial charge in [0.25, 0.3) is 0 Å². The number of carbonyl (C=O) groups excluding carboxylic acids is 3. The number of ether oxygens (including phenoxy) is 1. The van der Waals surface area contributed by atoms with Crippen molar-refractivity contribution in [2.75, 3.05) is 19.6 Å². The summed E-state index contributed by atoms with van der Waals surface area (Å²) in [6, 6.07) is 22.6. The highest BCUT2D eigenvalue weighted by molar-refractivity contribution is 6.02. The monoisotopic (exact) mass is 582 g/mol. The number of nitrogens with one attached hydrogen (secondary N) is 1. The van der Waals surface area contributed by atoms with Crippen LogP contribution in [0, 0.1) is 0 Å². The van der Waals surface area contributed by atoms with Crippen LogP contribution in [0.15, 0.2) is 72.8 Å². The van der Waals surface area contributed by atoms with Gasteiger partial charge in [-0.1, -0.05) is 60.7 Å². The second-order valence-corrected chi connectivity index (χ2v) is 11.8. The maximum absolute atomic E-state index is 14.2. The molecule has 2 amide bonds. The second kappa shape index (κ2) is 13.5. The topological polar surface area (TPSA) is 105 Å². The van der Waals surface area contributed by atoms with E-state index in [1.807, 2.05) is 73.7 Å². The Morgan fingerprint density at radius 1 is 1.00 bits per heavy atom. The molecule has 43 heavy (non-hydrogen) atoms. The second-order valence-electron chi connectivity index (χ2n) is 11.8. The molecule has 3 unspecified atom stereocenters. The molecular weight excluding hydrogens is 540 g/mol. The van der Waals surface area contributed by atoms with Crippen molar-refractivity contribution in [1.82, 2.24) is 15.1 Å². The Balaban J connectivity index is 1.40. The third kappa shape index (κ3) is 6.81. The number of amides is 2. The molecule has 0 aromatic heterocycles. The molecule has 3 aromatic carbocycles. The van der Waals surface area contributed by atoms with Crippen molar-refractivity contribution in [3.05, 3.63) is 101 Å². The molecule has 1 aliphatic heterocycles. The number of nitrogens with two attached hydrogens (primary N) is 1. The van der Waals surface area contributed by atoms with Gasteiger partial charge >= 0.3 is 0 Å². The minimum Gasteiger partial charge on any atom is -0.489 e. The van der Waals surface area contributed by atoms with Crippen LogP contribution in [-0.4, -0.2) is 59.2 Å². The predicted octanol–water partition coefficient (Wildman–Crippen LogP) is 4.58. The molecule has 8 heteroatoms. The number of Topliss-reactive ketones (excluding diaryl/α,β-unsaturated/α-hetero) is 1. The summed E-state index contributed by atoms with van der Waals surface area (Å²) in [6.45, 7) is 7.94. The van der Waals surface area contributed by atoms with E-state index in [-0.39, 0.29) is 29.8 Å². The minimum absolute atomic E-state index is 0.0600. The van der Waals surface area contributed by atoms with Crippen molar-refractivity contribution in [2.24, 2.45) is 5.73 Å². The van der Waals surface area contributed by atoms with E-state index in [4.69, 9.17) is 10.5 Å². The van der Waals surface area contributed by atoms with Crippen molar-refractivity contribution in [1.29, 1.82) is 0 Å². The molecule has 0 spiro atoms. The molecule has 0 saturated heterocycles. The lowest BCUT2D eigenvalue weighted by molar-refractivity contribution is -0.142. The number of fused-ring (bicyclic) bond motifs is 2.